The number of hydrogen-bond donors (Lipinski definition) is 1. The van der Waals surface area contributed by atoms with Crippen LogP contribution < -0.4 is 5.32 Å². The SMILES string of the molecule is Cc1ccc(C(=O)Nc2ccnc3ccnn23)cc1S(=O)(=O)N1CCOCC1. The second-order valence-electron chi connectivity index (χ2n) is 6.38. The third kappa shape index (κ3) is 3.37. The predicted octanol–water partition coefficient (Wildman–Crippen LogP) is 1.31. The Labute approximate surface area is 162 Å². The molecule has 0 bridgehead atoms. The Morgan fingerprint density at radius 1 is 1.14 bits per heavy atom. The van der Waals surface area contributed by atoms with Crippen LogP contribution in [0.15, 0.2) is 47.6 Å². The summed E-state index contributed by atoms with van der Waals surface area (Å²) in [6.45, 7) is 3.03. The first-order valence-corrected chi connectivity index (χ1v) is 10.2. The molecule has 1 aliphatic heterocycles. The van der Waals surface area contributed by atoms with Crippen LogP contribution in [0.25, 0.3) is 5.65 Å². The summed E-state index contributed by atoms with van der Waals surface area (Å²) in [5, 5.41) is 6.88. The summed E-state index contributed by atoms with van der Waals surface area (Å²) in [6.07, 6.45) is 3.15. The lowest BCUT2D eigenvalue weighted by atomic mass is 10.1. The van der Waals surface area contributed by atoms with Crippen LogP contribution in [0.4, 0.5) is 5.82 Å². The fourth-order valence-electron chi connectivity index (χ4n) is 3.06. The van der Waals surface area contributed by atoms with E-state index in [1.54, 1.807) is 43.6 Å². The molecule has 1 aromatic carbocycles. The van der Waals surface area contributed by atoms with Gasteiger partial charge in [-0.15, -0.1) is 0 Å². The first-order chi connectivity index (χ1) is 13.5. The number of aryl methyl sites for hydroxylation is 1. The van der Waals surface area contributed by atoms with Gasteiger partial charge in [0, 0.05) is 30.9 Å². The van der Waals surface area contributed by atoms with Crippen LogP contribution in [0.3, 0.4) is 0 Å². The summed E-state index contributed by atoms with van der Waals surface area (Å²) >= 11 is 0. The van der Waals surface area contributed by atoms with E-state index in [4.69, 9.17) is 4.74 Å². The fraction of sp³-hybridized carbons (Fsp3) is 0.278. The van der Waals surface area contributed by atoms with Gasteiger partial charge in [0.05, 0.1) is 24.3 Å². The number of ether oxygens (including phenoxy) is 1. The highest BCUT2D eigenvalue weighted by Gasteiger charge is 2.28. The van der Waals surface area contributed by atoms with E-state index in [-0.39, 0.29) is 10.5 Å². The topological polar surface area (TPSA) is 106 Å². The molecule has 0 unspecified atom stereocenters. The normalized spacial score (nSPS) is 15.6. The zero-order valence-corrected chi connectivity index (χ0v) is 16.0. The van der Waals surface area contributed by atoms with Crippen LogP contribution in [-0.2, 0) is 14.8 Å². The van der Waals surface area contributed by atoms with E-state index in [9.17, 15) is 13.2 Å². The maximum atomic E-state index is 13.0. The number of anilines is 1. The van der Waals surface area contributed by atoms with E-state index in [1.165, 1.54) is 14.9 Å². The number of sulfonamides is 1. The molecule has 3 heterocycles. The van der Waals surface area contributed by atoms with Gasteiger partial charge >= 0.3 is 0 Å². The molecule has 10 heteroatoms. The zero-order chi connectivity index (χ0) is 19.7. The number of hydrogen-bond acceptors (Lipinski definition) is 6. The van der Waals surface area contributed by atoms with Crippen LogP contribution in [0.5, 0.6) is 0 Å². The molecule has 1 fully saturated rings. The monoisotopic (exact) mass is 401 g/mol. The Balaban J connectivity index is 1.64. The largest absolute Gasteiger partial charge is 0.379 e. The molecular weight excluding hydrogens is 382 g/mol. The van der Waals surface area contributed by atoms with E-state index >= 15 is 0 Å². The van der Waals surface area contributed by atoms with Gasteiger partial charge in [-0.05, 0) is 30.7 Å². The number of morpholine rings is 1. The van der Waals surface area contributed by atoms with Crippen LogP contribution in [0.2, 0.25) is 0 Å². The maximum Gasteiger partial charge on any atom is 0.256 e. The molecule has 2 aromatic heterocycles. The number of carbonyl (C=O) groups is 1. The predicted molar refractivity (Wildman–Crippen MR) is 102 cm³/mol. The number of nitrogens with one attached hydrogen (secondary N) is 1. The molecule has 146 valence electrons. The van der Waals surface area contributed by atoms with Crippen LogP contribution in [0, 0.1) is 6.92 Å². The molecule has 9 nitrogen and oxygen atoms in total. The first-order valence-electron chi connectivity index (χ1n) is 8.75. The Kier molecular flexibility index (Phi) is 4.84. The maximum absolute atomic E-state index is 13.0. The number of amides is 1. The van der Waals surface area contributed by atoms with Crippen molar-refractivity contribution < 1.29 is 17.9 Å². The highest BCUT2D eigenvalue weighted by Crippen LogP contribution is 2.23. The molecule has 0 atom stereocenters. The summed E-state index contributed by atoms with van der Waals surface area (Å²) in [5.41, 5.74) is 1.42. The Bertz CT molecular complexity index is 1140. The van der Waals surface area contributed by atoms with Crippen LogP contribution in [-0.4, -0.2) is 59.5 Å². The lowest BCUT2D eigenvalue weighted by Crippen LogP contribution is -2.40. The minimum Gasteiger partial charge on any atom is -0.379 e. The summed E-state index contributed by atoms with van der Waals surface area (Å²) in [4.78, 5) is 17.0. The molecule has 0 aliphatic carbocycles. The summed E-state index contributed by atoms with van der Waals surface area (Å²) in [6, 6.07) is 7.99. The smallest absolute Gasteiger partial charge is 0.256 e. The van der Waals surface area contributed by atoms with Gasteiger partial charge in [0.1, 0.15) is 5.82 Å². The van der Waals surface area contributed by atoms with E-state index < -0.39 is 15.9 Å². The van der Waals surface area contributed by atoms with Gasteiger partial charge in [0.2, 0.25) is 10.0 Å². The van der Waals surface area contributed by atoms with Gasteiger partial charge in [-0.2, -0.15) is 13.9 Å². The Hall–Kier alpha value is -2.82. The molecule has 0 spiro atoms. The average Bonchev–Trinajstić information content (AvgIpc) is 3.19. The summed E-state index contributed by atoms with van der Waals surface area (Å²) in [7, 11) is -3.70. The third-order valence-electron chi connectivity index (χ3n) is 4.57. The van der Waals surface area contributed by atoms with Gasteiger partial charge in [-0.3, -0.25) is 4.79 Å². The molecule has 0 radical (unpaired) electrons. The number of fused-ring (bicyclic) bond motifs is 1. The number of benzene rings is 1. The second-order valence-corrected chi connectivity index (χ2v) is 8.29. The number of aromatic nitrogens is 3. The average molecular weight is 401 g/mol. The van der Waals surface area contributed by atoms with E-state index in [0.29, 0.717) is 43.3 Å². The van der Waals surface area contributed by atoms with Gasteiger partial charge in [0.25, 0.3) is 5.91 Å². The zero-order valence-electron chi connectivity index (χ0n) is 15.2. The molecule has 0 saturated carbocycles. The van der Waals surface area contributed by atoms with Crippen molar-refractivity contribution in [3.05, 3.63) is 53.9 Å². The molecule has 1 aliphatic rings. The standard InChI is InChI=1S/C18H19N5O4S/c1-13-2-3-14(12-15(13)28(25,26)22-8-10-27-11-9-22)18(24)21-17-4-6-19-16-5-7-20-23(16)17/h2-7,12H,8-11H2,1H3,(H,21,24). The van der Waals surface area contributed by atoms with E-state index in [2.05, 4.69) is 15.4 Å². The van der Waals surface area contributed by atoms with Crippen LogP contribution in [0.1, 0.15) is 15.9 Å². The van der Waals surface area contributed by atoms with Crippen molar-refractivity contribution in [1.29, 1.82) is 0 Å². The van der Waals surface area contributed by atoms with E-state index in [1.807, 2.05) is 0 Å². The first kappa shape index (κ1) is 18.5. The third-order valence-corrected chi connectivity index (χ3v) is 6.61. The Morgan fingerprint density at radius 2 is 1.93 bits per heavy atom. The van der Waals surface area contributed by atoms with Crippen molar-refractivity contribution in [2.24, 2.45) is 0 Å². The fourth-order valence-corrected chi connectivity index (χ4v) is 4.72. The van der Waals surface area contributed by atoms with Crippen molar-refractivity contribution in [2.45, 2.75) is 11.8 Å². The lowest BCUT2D eigenvalue weighted by Gasteiger charge is -2.26. The van der Waals surface area contributed by atoms with Crippen molar-refractivity contribution >= 4 is 27.4 Å². The van der Waals surface area contributed by atoms with Gasteiger partial charge < -0.3 is 10.1 Å². The minimum atomic E-state index is -3.70. The van der Waals surface area contributed by atoms with Gasteiger partial charge in [-0.1, -0.05) is 6.07 Å². The van der Waals surface area contributed by atoms with Crippen molar-refractivity contribution in [3.8, 4) is 0 Å². The van der Waals surface area contributed by atoms with Gasteiger partial charge in [0.15, 0.2) is 5.65 Å². The number of carbonyl (C=O) groups excluding carboxylic acids is 1. The number of nitrogens with zero attached hydrogens (tertiary/aromatic N) is 4. The summed E-state index contributed by atoms with van der Waals surface area (Å²) in [5.74, 6) is 0.0135. The van der Waals surface area contributed by atoms with E-state index in [0.717, 1.165) is 0 Å². The van der Waals surface area contributed by atoms with Crippen molar-refractivity contribution in [1.82, 2.24) is 18.9 Å². The van der Waals surface area contributed by atoms with Crippen molar-refractivity contribution in [2.75, 3.05) is 31.6 Å². The molecule has 3 aromatic rings. The molecule has 28 heavy (non-hydrogen) atoms. The quantitative estimate of drug-likeness (QED) is 0.707. The minimum absolute atomic E-state index is 0.126. The van der Waals surface area contributed by atoms with Crippen molar-refractivity contribution in [3.63, 3.8) is 0 Å². The molecule has 1 N–H and O–H groups in total. The molecule has 1 saturated heterocycles. The molecule has 4 rings (SSSR count). The van der Waals surface area contributed by atoms with Gasteiger partial charge in [-0.25, -0.2) is 13.4 Å². The molecular formula is C18H19N5O4S. The lowest BCUT2D eigenvalue weighted by molar-refractivity contribution is 0.0730. The Morgan fingerprint density at radius 3 is 2.71 bits per heavy atom. The molecule has 1 amide bonds. The second kappa shape index (κ2) is 7.30. The highest BCUT2D eigenvalue weighted by atomic mass is 32.2. The number of rotatable bonds is 4. The summed E-state index contributed by atoms with van der Waals surface area (Å²) < 4.78 is 34.1. The van der Waals surface area contributed by atoms with Crippen LogP contribution >= 0.6 is 0 Å². The highest BCUT2D eigenvalue weighted by molar-refractivity contribution is 7.89.